The van der Waals surface area contributed by atoms with Crippen LogP contribution in [0.15, 0.2) is 6.20 Å². The quantitative estimate of drug-likeness (QED) is 0.801. The van der Waals surface area contributed by atoms with Gasteiger partial charge in [-0.05, 0) is 25.7 Å². The molecule has 1 unspecified atom stereocenters. The Kier molecular flexibility index (Phi) is 1.84. The molecule has 1 saturated carbocycles. The lowest BCUT2D eigenvalue weighted by Crippen LogP contribution is -2.21. The van der Waals surface area contributed by atoms with Gasteiger partial charge < -0.3 is 9.67 Å². The summed E-state index contributed by atoms with van der Waals surface area (Å²) in [5, 5.41) is 9.10. The van der Waals surface area contributed by atoms with Gasteiger partial charge in [0, 0.05) is 18.7 Å². The molecule has 0 amide bonds. The molecule has 1 aliphatic carbocycles. The zero-order chi connectivity index (χ0) is 10.4. The number of aryl methyl sites for hydroxylation is 1. The van der Waals surface area contributed by atoms with Crippen LogP contribution in [0.5, 0.6) is 0 Å². The van der Waals surface area contributed by atoms with Gasteiger partial charge in [0.1, 0.15) is 11.7 Å². The van der Waals surface area contributed by atoms with Crippen molar-refractivity contribution in [3.8, 4) is 0 Å². The number of nitrogens with zero attached hydrogens (tertiary/aromatic N) is 2. The number of hydrogen-bond donors (Lipinski definition) is 1. The smallest absolute Gasteiger partial charge is 0.314 e. The Bertz CT molecular complexity index is 407. The number of aromatic nitrogens is 2. The molecule has 0 spiro atoms. The van der Waals surface area contributed by atoms with Gasteiger partial charge in [-0.2, -0.15) is 0 Å². The number of carboxylic acids is 1. The van der Waals surface area contributed by atoms with Crippen LogP contribution in [0, 0.1) is 0 Å². The zero-order valence-corrected chi connectivity index (χ0v) is 8.52. The van der Waals surface area contributed by atoms with Crippen LogP contribution in [0.4, 0.5) is 0 Å². The van der Waals surface area contributed by atoms with E-state index < -0.39 is 5.97 Å². The third-order valence-electron chi connectivity index (χ3n) is 3.32. The van der Waals surface area contributed by atoms with E-state index >= 15 is 0 Å². The molecule has 2 aliphatic rings. The number of imidazole rings is 1. The largest absolute Gasteiger partial charge is 0.481 e. The molecule has 1 aromatic rings. The van der Waals surface area contributed by atoms with E-state index in [1.165, 1.54) is 12.8 Å². The average Bonchev–Trinajstić information content (AvgIpc) is 2.96. The molecule has 4 nitrogen and oxygen atoms in total. The molecule has 2 heterocycles. The van der Waals surface area contributed by atoms with Crippen molar-refractivity contribution >= 4 is 5.97 Å². The Labute approximate surface area is 87.9 Å². The molecular formula is C11H14N2O2. The van der Waals surface area contributed by atoms with E-state index in [1.807, 2.05) is 4.57 Å². The van der Waals surface area contributed by atoms with E-state index in [0.29, 0.717) is 5.92 Å². The van der Waals surface area contributed by atoms with E-state index in [0.717, 1.165) is 30.9 Å². The number of fused-ring (bicyclic) bond motifs is 1. The molecule has 0 aromatic carbocycles. The van der Waals surface area contributed by atoms with Crippen molar-refractivity contribution in [2.45, 2.75) is 44.1 Å². The van der Waals surface area contributed by atoms with E-state index in [-0.39, 0.29) is 5.92 Å². The van der Waals surface area contributed by atoms with Crippen LogP contribution < -0.4 is 0 Å². The summed E-state index contributed by atoms with van der Waals surface area (Å²) in [5.74, 6) is 0.267. The standard InChI is InChI=1S/C11H14N2O2/c14-11(15)8-2-1-5-13-6-9(7-3-4-7)12-10(8)13/h6-8H,1-5H2,(H,14,15). The van der Waals surface area contributed by atoms with Crippen molar-refractivity contribution in [2.24, 2.45) is 0 Å². The van der Waals surface area contributed by atoms with Gasteiger partial charge in [0.2, 0.25) is 0 Å². The first kappa shape index (κ1) is 8.95. The number of carboxylic acid groups (broad SMARTS) is 1. The van der Waals surface area contributed by atoms with Gasteiger partial charge in [-0.25, -0.2) is 4.98 Å². The van der Waals surface area contributed by atoms with E-state index in [1.54, 1.807) is 0 Å². The second-order valence-electron chi connectivity index (χ2n) is 4.52. The van der Waals surface area contributed by atoms with Crippen LogP contribution in [0.25, 0.3) is 0 Å². The highest BCUT2D eigenvalue weighted by molar-refractivity contribution is 5.75. The summed E-state index contributed by atoms with van der Waals surface area (Å²) in [6, 6.07) is 0. The van der Waals surface area contributed by atoms with Crippen molar-refractivity contribution < 1.29 is 9.90 Å². The summed E-state index contributed by atoms with van der Waals surface area (Å²) in [5.41, 5.74) is 1.11. The first-order valence-electron chi connectivity index (χ1n) is 5.55. The molecular weight excluding hydrogens is 192 g/mol. The predicted octanol–water partition coefficient (Wildman–Crippen LogP) is 1.72. The zero-order valence-electron chi connectivity index (χ0n) is 8.52. The molecule has 1 N–H and O–H groups in total. The minimum atomic E-state index is -0.733. The molecule has 1 atom stereocenters. The van der Waals surface area contributed by atoms with Gasteiger partial charge in [0.15, 0.2) is 0 Å². The highest BCUT2D eigenvalue weighted by Crippen LogP contribution is 2.40. The molecule has 0 saturated heterocycles. The first-order valence-corrected chi connectivity index (χ1v) is 5.55. The number of rotatable bonds is 2. The minimum Gasteiger partial charge on any atom is -0.481 e. The Balaban J connectivity index is 1.98. The van der Waals surface area contributed by atoms with Gasteiger partial charge in [-0.15, -0.1) is 0 Å². The number of hydrogen-bond acceptors (Lipinski definition) is 2. The molecule has 15 heavy (non-hydrogen) atoms. The molecule has 4 heteroatoms. The molecule has 0 bridgehead atoms. The lowest BCUT2D eigenvalue weighted by atomic mass is 9.99. The van der Waals surface area contributed by atoms with Gasteiger partial charge in [0.25, 0.3) is 0 Å². The fraction of sp³-hybridized carbons (Fsp3) is 0.636. The monoisotopic (exact) mass is 206 g/mol. The van der Waals surface area contributed by atoms with Crippen LogP contribution in [-0.2, 0) is 11.3 Å². The maximum absolute atomic E-state index is 11.1. The van der Waals surface area contributed by atoms with Crippen LogP contribution in [-0.4, -0.2) is 20.6 Å². The van der Waals surface area contributed by atoms with Crippen LogP contribution in [0.3, 0.4) is 0 Å². The van der Waals surface area contributed by atoms with E-state index in [9.17, 15) is 4.79 Å². The molecule has 1 fully saturated rings. The Morgan fingerprint density at radius 1 is 1.47 bits per heavy atom. The fourth-order valence-corrected chi connectivity index (χ4v) is 2.31. The third kappa shape index (κ3) is 1.44. The summed E-state index contributed by atoms with van der Waals surface area (Å²) in [4.78, 5) is 15.6. The second-order valence-corrected chi connectivity index (χ2v) is 4.52. The van der Waals surface area contributed by atoms with Crippen LogP contribution in [0.2, 0.25) is 0 Å². The Hall–Kier alpha value is -1.32. The van der Waals surface area contributed by atoms with Crippen molar-refractivity contribution in [2.75, 3.05) is 0 Å². The number of aliphatic carboxylic acids is 1. The molecule has 1 aromatic heterocycles. The highest BCUT2D eigenvalue weighted by Gasteiger charge is 2.32. The van der Waals surface area contributed by atoms with Crippen molar-refractivity contribution in [1.29, 1.82) is 0 Å². The summed E-state index contributed by atoms with van der Waals surface area (Å²) in [7, 11) is 0. The van der Waals surface area contributed by atoms with Crippen molar-refractivity contribution in [3.05, 3.63) is 17.7 Å². The topological polar surface area (TPSA) is 55.1 Å². The third-order valence-corrected chi connectivity index (χ3v) is 3.32. The normalized spacial score (nSPS) is 24.9. The Morgan fingerprint density at radius 2 is 2.27 bits per heavy atom. The maximum Gasteiger partial charge on any atom is 0.314 e. The summed E-state index contributed by atoms with van der Waals surface area (Å²) in [6.45, 7) is 0.929. The van der Waals surface area contributed by atoms with Gasteiger partial charge in [-0.3, -0.25) is 4.79 Å². The van der Waals surface area contributed by atoms with Gasteiger partial charge in [0.05, 0.1) is 5.69 Å². The molecule has 3 rings (SSSR count). The lowest BCUT2D eigenvalue weighted by Gasteiger charge is -2.19. The minimum absolute atomic E-state index is 0.383. The predicted molar refractivity (Wildman–Crippen MR) is 53.8 cm³/mol. The summed E-state index contributed by atoms with van der Waals surface area (Å²) < 4.78 is 2.04. The molecule has 1 aliphatic heterocycles. The average molecular weight is 206 g/mol. The van der Waals surface area contributed by atoms with E-state index in [4.69, 9.17) is 5.11 Å². The van der Waals surface area contributed by atoms with Crippen LogP contribution in [0.1, 0.15) is 49.0 Å². The Morgan fingerprint density at radius 3 is 2.93 bits per heavy atom. The van der Waals surface area contributed by atoms with E-state index in [2.05, 4.69) is 11.2 Å². The van der Waals surface area contributed by atoms with Gasteiger partial charge in [-0.1, -0.05) is 0 Å². The summed E-state index contributed by atoms with van der Waals surface area (Å²) in [6.07, 6.45) is 6.17. The first-order chi connectivity index (χ1) is 7.25. The van der Waals surface area contributed by atoms with Crippen molar-refractivity contribution in [1.82, 2.24) is 9.55 Å². The SMILES string of the molecule is O=C(O)C1CCCn2cc(C3CC3)nc21. The van der Waals surface area contributed by atoms with Crippen molar-refractivity contribution in [3.63, 3.8) is 0 Å². The fourth-order valence-electron chi connectivity index (χ4n) is 2.31. The van der Waals surface area contributed by atoms with Gasteiger partial charge >= 0.3 is 5.97 Å². The lowest BCUT2D eigenvalue weighted by molar-refractivity contribution is -0.139. The highest BCUT2D eigenvalue weighted by atomic mass is 16.4. The maximum atomic E-state index is 11.1. The summed E-state index contributed by atoms with van der Waals surface area (Å²) >= 11 is 0. The second kappa shape index (κ2) is 3.08. The molecule has 0 radical (unpaired) electrons. The van der Waals surface area contributed by atoms with Crippen LogP contribution >= 0.6 is 0 Å². The molecule has 80 valence electrons. The number of carbonyl (C=O) groups is 1.